The van der Waals surface area contributed by atoms with Crippen LogP contribution in [0.4, 0.5) is 23.0 Å². The Hall–Kier alpha value is -3.93. The van der Waals surface area contributed by atoms with Gasteiger partial charge < -0.3 is 16.8 Å². The number of nitrogens with zero attached hydrogens (tertiary/aromatic N) is 3. The van der Waals surface area contributed by atoms with E-state index in [2.05, 4.69) is 20.3 Å². The molecule has 0 unspecified atom stereocenters. The number of hydrogen-bond donors (Lipinski definition) is 3. The normalized spacial score (nSPS) is 10.5. The predicted octanol–water partition coefficient (Wildman–Crippen LogP) is 4.11. The highest BCUT2D eigenvalue weighted by molar-refractivity contribution is 5.66. The van der Waals surface area contributed by atoms with Crippen molar-refractivity contribution in [3.05, 3.63) is 78.9 Å². The quantitative estimate of drug-likeness (QED) is 0.477. The minimum atomic E-state index is 0.467. The molecule has 5 N–H and O–H groups in total. The van der Waals surface area contributed by atoms with E-state index < -0.39 is 0 Å². The van der Waals surface area contributed by atoms with Crippen molar-refractivity contribution in [2.45, 2.75) is 0 Å². The minimum absolute atomic E-state index is 0.467. The third-order valence-corrected chi connectivity index (χ3v) is 4.00. The summed E-state index contributed by atoms with van der Waals surface area (Å²) in [6.45, 7) is 0. The molecular weight excluding hydrogens is 336 g/mol. The predicted molar refractivity (Wildman–Crippen MR) is 109 cm³/mol. The van der Waals surface area contributed by atoms with Gasteiger partial charge in [-0.2, -0.15) is 9.97 Å². The van der Waals surface area contributed by atoms with E-state index in [4.69, 9.17) is 11.5 Å². The second kappa shape index (κ2) is 7.13. The van der Waals surface area contributed by atoms with Gasteiger partial charge in [0.05, 0.1) is 0 Å². The zero-order chi connectivity index (χ0) is 18.6. The zero-order valence-corrected chi connectivity index (χ0v) is 14.5. The Morgan fingerprint density at radius 1 is 0.556 bits per heavy atom. The number of aromatic nitrogens is 3. The Kier molecular flexibility index (Phi) is 4.37. The zero-order valence-electron chi connectivity index (χ0n) is 14.5. The van der Waals surface area contributed by atoms with Crippen LogP contribution >= 0.6 is 0 Å². The number of benzene rings is 3. The molecule has 1 aromatic heterocycles. The van der Waals surface area contributed by atoms with E-state index in [1.165, 1.54) is 0 Å². The molecule has 4 rings (SSSR count). The van der Waals surface area contributed by atoms with Gasteiger partial charge in [0.1, 0.15) is 0 Å². The first-order valence-corrected chi connectivity index (χ1v) is 8.47. The van der Waals surface area contributed by atoms with Crippen LogP contribution < -0.4 is 16.8 Å². The van der Waals surface area contributed by atoms with Crippen molar-refractivity contribution in [3.8, 4) is 22.8 Å². The molecule has 132 valence electrons. The molecule has 0 aliphatic rings. The van der Waals surface area contributed by atoms with Gasteiger partial charge in [-0.3, -0.25) is 0 Å². The fourth-order valence-electron chi connectivity index (χ4n) is 2.61. The molecule has 27 heavy (non-hydrogen) atoms. The van der Waals surface area contributed by atoms with Crippen molar-refractivity contribution in [1.82, 2.24) is 15.0 Å². The summed E-state index contributed by atoms with van der Waals surface area (Å²) in [7, 11) is 0. The van der Waals surface area contributed by atoms with Crippen LogP contribution in [0.5, 0.6) is 0 Å². The first kappa shape index (κ1) is 16.5. The molecule has 0 fully saturated rings. The summed E-state index contributed by atoms with van der Waals surface area (Å²) >= 11 is 0. The Morgan fingerprint density at radius 3 is 1.52 bits per heavy atom. The molecule has 6 heteroatoms. The van der Waals surface area contributed by atoms with Crippen LogP contribution in [-0.4, -0.2) is 15.0 Å². The van der Waals surface area contributed by atoms with Gasteiger partial charge in [-0.15, -0.1) is 0 Å². The maximum absolute atomic E-state index is 5.79. The summed E-state index contributed by atoms with van der Waals surface area (Å²) < 4.78 is 0. The van der Waals surface area contributed by atoms with E-state index in [1.807, 2.05) is 78.9 Å². The largest absolute Gasteiger partial charge is 0.399 e. The summed E-state index contributed by atoms with van der Waals surface area (Å²) in [6.07, 6.45) is 0. The first-order chi connectivity index (χ1) is 13.2. The number of nitrogens with one attached hydrogen (secondary N) is 1. The third-order valence-electron chi connectivity index (χ3n) is 4.00. The van der Waals surface area contributed by atoms with Gasteiger partial charge in [-0.1, -0.05) is 18.2 Å². The van der Waals surface area contributed by atoms with Gasteiger partial charge >= 0.3 is 0 Å². The molecule has 0 aliphatic heterocycles. The number of anilines is 4. The Balaban J connectivity index is 1.80. The number of nitrogen functional groups attached to an aromatic ring is 2. The lowest BCUT2D eigenvalue weighted by Crippen LogP contribution is -2.03. The standard InChI is InChI=1S/C21H18N6/c22-16-10-6-14(7-11-16)19-25-20(15-8-12-17(23)13-9-15)27-21(26-19)24-18-4-2-1-3-5-18/h1-13H,22-23H2,(H,24,25,26,27). The number of hydrogen-bond acceptors (Lipinski definition) is 6. The summed E-state index contributed by atoms with van der Waals surface area (Å²) in [5.41, 5.74) is 15.6. The van der Waals surface area contributed by atoms with Crippen molar-refractivity contribution < 1.29 is 0 Å². The van der Waals surface area contributed by atoms with Gasteiger partial charge in [-0.25, -0.2) is 4.98 Å². The Bertz CT molecular complexity index is 981. The van der Waals surface area contributed by atoms with Crippen molar-refractivity contribution in [2.24, 2.45) is 0 Å². The van der Waals surface area contributed by atoms with Crippen molar-refractivity contribution in [3.63, 3.8) is 0 Å². The summed E-state index contributed by atoms with van der Waals surface area (Å²) in [6, 6.07) is 24.6. The average molecular weight is 354 g/mol. The van der Waals surface area contributed by atoms with E-state index in [1.54, 1.807) is 0 Å². The molecule has 1 heterocycles. The van der Waals surface area contributed by atoms with Gasteiger partial charge in [0, 0.05) is 28.2 Å². The average Bonchev–Trinajstić information content (AvgIpc) is 2.70. The van der Waals surface area contributed by atoms with Crippen LogP contribution in [0, 0.1) is 0 Å². The van der Waals surface area contributed by atoms with Gasteiger partial charge in [0.2, 0.25) is 5.95 Å². The molecule has 0 saturated carbocycles. The fraction of sp³-hybridized carbons (Fsp3) is 0. The highest BCUT2D eigenvalue weighted by atomic mass is 15.2. The summed E-state index contributed by atoms with van der Waals surface area (Å²) in [5.74, 6) is 1.60. The van der Waals surface area contributed by atoms with Crippen LogP contribution in [0.3, 0.4) is 0 Å². The Morgan fingerprint density at radius 2 is 1.04 bits per heavy atom. The van der Waals surface area contributed by atoms with Crippen LogP contribution in [-0.2, 0) is 0 Å². The third kappa shape index (κ3) is 3.85. The Labute approximate surface area is 156 Å². The second-order valence-corrected chi connectivity index (χ2v) is 6.04. The van der Waals surface area contributed by atoms with Crippen LogP contribution in [0.2, 0.25) is 0 Å². The monoisotopic (exact) mass is 354 g/mol. The topological polar surface area (TPSA) is 103 Å². The van der Waals surface area contributed by atoms with Gasteiger partial charge in [0.15, 0.2) is 11.6 Å². The molecule has 0 amide bonds. The fourth-order valence-corrected chi connectivity index (χ4v) is 2.61. The number of nitrogens with two attached hydrogens (primary N) is 2. The van der Waals surface area contributed by atoms with Gasteiger partial charge in [-0.05, 0) is 60.7 Å². The molecular formula is C21H18N6. The molecule has 0 aliphatic carbocycles. The second-order valence-electron chi connectivity index (χ2n) is 6.04. The lowest BCUT2D eigenvalue weighted by Gasteiger charge is -2.10. The maximum Gasteiger partial charge on any atom is 0.231 e. The number of rotatable bonds is 4. The van der Waals surface area contributed by atoms with E-state index in [9.17, 15) is 0 Å². The molecule has 0 saturated heterocycles. The highest BCUT2D eigenvalue weighted by Crippen LogP contribution is 2.24. The van der Waals surface area contributed by atoms with E-state index >= 15 is 0 Å². The van der Waals surface area contributed by atoms with Crippen molar-refractivity contribution >= 4 is 23.0 Å². The van der Waals surface area contributed by atoms with E-state index in [-0.39, 0.29) is 0 Å². The van der Waals surface area contributed by atoms with Crippen molar-refractivity contribution in [2.75, 3.05) is 16.8 Å². The van der Waals surface area contributed by atoms with Crippen LogP contribution in [0.1, 0.15) is 0 Å². The molecule has 0 bridgehead atoms. The van der Waals surface area contributed by atoms with Crippen LogP contribution in [0.15, 0.2) is 78.9 Å². The summed E-state index contributed by atoms with van der Waals surface area (Å²) in [5, 5.41) is 3.24. The molecule has 0 radical (unpaired) electrons. The minimum Gasteiger partial charge on any atom is -0.399 e. The van der Waals surface area contributed by atoms with Gasteiger partial charge in [0.25, 0.3) is 0 Å². The molecule has 0 atom stereocenters. The highest BCUT2D eigenvalue weighted by Gasteiger charge is 2.11. The SMILES string of the molecule is Nc1ccc(-c2nc(Nc3ccccc3)nc(-c3ccc(N)cc3)n2)cc1. The lowest BCUT2D eigenvalue weighted by atomic mass is 10.1. The van der Waals surface area contributed by atoms with Crippen molar-refractivity contribution in [1.29, 1.82) is 0 Å². The maximum atomic E-state index is 5.79. The summed E-state index contributed by atoms with van der Waals surface area (Å²) in [4.78, 5) is 13.8. The van der Waals surface area contributed by atoms with E-state index in [0.29, 0.717) is 29.0 Å². The first-order valence-electron chi connectivity index (χ1n) is 8.47. The van der Waals surface area contributed by atoms with Crippen LogP contribution in [0.25, 0.3) is 22.8 Å². The lowest BCUT2D eigenvalue weighted by molar-refractivity contribution is 1.07. The molecule has 3 aromatic carbocycles. The smallest absolute Gasteiger partial charge is 0.231 e. The molecule has 0 spiro atoms. The molecule has 4 aromatic rings. The molecule has 6 nitrogen and oxygen atoms in total. The number of para-hydroxylation sites is 1. The van der Waals surface area contributed by atoms with E-state index in [0.717, 1.165) is 16.8 Å².